The number of hydrogen-bond donors (Lipinski definition) is 1. The molecule has 0 bridgehead atoms. The topological polar surface area (TPSA) is 47.3 Å². The van der Waals surface area contributed by atoms with Gasteiger partial charge < -0.3 is 9.84 Å². The van der Waals surface area contributed by atoms with Gasteiger partial charge in [0.15, 0.2) is 0 Å². The number of aromatic nitrogens is 2. The van der Waals surface area contributed by atoms with Gasteiger partial charge in [0.25, 0.3) is 0 Å². The van der Waals surface area contributed by atoms with E-state index in [1.807, 2.05) is 6.92 Å². The molecule has 0 spiro atoms. The summed E-state index contributed by atoms with van der Waals surface area (Å²) in [5.41, 5.74) is 1.44. The summed E-state index contributed by atoms with van der Waals surface area (Å²) in [4.78, 5) is 0. The lowest BCUT2D eigenvalue weighted by Gasteiger charge is -2.07. The maximum absolute atomic E-state index is 9.29. The molecular weight excluding hydrogens is 240 g/mol. The van der Waals surface area contributed by atoms with Crippen LogP contribution >= 0.6 is 11.6 Å². The quantitative estimate of drug-likeness (QED) is 0.914. The van der Waals surface area contributed by atoms with E-state index in [0.29, 0.717) is 22.2 Å². The van der Waals surface area contributed by atoms with E-state index >= 15 is 0 Å². The summed E-state index contributed by atoms with van der Waals surface area (Å²) < 4.78 is 7.29. The number of benzene rings is 1. The van der Waals surface area contributed by atoms with Crippen LogP contribution in [0.2, 0.25) is 5.02 Å². The molecule has 1 heterocycles. The summed E-state index contributed by atoms with van der Waals surface area (Å²) in [6, 6.07) is 7.09. The Hall–Kier alpha value is -1.52. The summed E-state index contributed by atoms with van der Waals surface area (Å²) in [5.74, 6) is 1.16. The average molecular weight is 253 g/mol. The minimum atomic E-state index is -0.102. The molecule has 4 nitrogen and oxygen atoms in total. The highest BCUT2D eigenvalue weighted by Gasteiger charge is 2.14. The standard InChI is InChI=1S/C12H13ClN2O2/c1-8-11(7-16)12(15(2)14-8)17-10-5-3-4-9(13)6-10/h3-6,16H,7H2,1-2H3. The van der Waals surface area contributed by atoms with E-state index in [9.17, 15) is 5.11 Å². The predicted octanol–water partition coefficient (Wildman–Crippen LogP) is 2.67. The molecule has 0 aliphatic rings. The second-order valence-corrected chi connectivity index (χ2v) is 4.15. The molecule has 5 heteroatoms. The molecule has 1 N–H and O–H groups in total. The van der Waals surface area contributed by atoms with Gasteiger partial charge >= 0.3 is 0 Å². The van der Waals surface area contributed by atoms with Crippen molar-refractivity contribution in [2.75, 3.05) is 0 Å². The van der Waals surface area contributed by atoms with Crippen LogP contribution < -0.4 is 4.74 Å². The van der Waals surface area contributed by atoms with Gasteiger partial charge in [0.2, 0.25) is 5.88 Å². The summed E-state index contributed by atoms with van der Waals surface area (Å²) in [6.07, 6.45) is 0. The molecule has 0 saturated heterocycles. The molecule has 0 unspecified atom stereocenters. The Balaban J connectivity index is 2.36. The maximum atomic E-state index is 9.29. The predicted molar refractivity (Wildman–Crippen MR) is 65.4 cm³/mol. The van der Waals surface area contributed by atoms with Crippen LogP contribution in [0, 0.1) is 6.92 Å². The number of halogens is 1. The molecule has 0 atom stereocenters. The van der Waals surface area contributed by atoms with E-state index in [1.165, 1.54) is 0 Å². The second-order valence-electron chi connectivity index (χ2n) is 3.71. The molecule has 0 saturated carbocycles. The Bertz CT molecular complexity index is 537. The van der Waals surface area contributed by atoms with Crippen LogP contribution in [0.15, 0.2) is 24.3 Å². The van der Waals surface area contributed by atoms with Crippen molar-refractivity contribution in [3.05, 3.63) is 40.5 Å². The Morgan fingerprint density at radius 1 is 1.47 bits per heavy atom. The minimum absolute atomic E-state index is 0.102. The molecule has 0 fully saturated rings. The molecule has 2 rings (SSSR count). The lowest BCUT2D eigenvalue weighted by atomic mass is 10.2. The summed E-state index contributed by atoms with van der Waals surface area (Å²) in [7, 11) is 1.77. The largest absolute Gasteiger partial charge is 0.439 e. The second kappa shape index (κ2) is 4.77. The smallest absolute Gasteiger partial charge is 0.223 e. The van der Waals surface area contributed by atoms with E-state index in [4.69, 9.17) is 16.3 Å². The van der Waals surface area contributed by atoms with Crippen molar-refractivity contribution in [3.8, 4) is 11.6 Å². The van der Waals surface area contributed by atoms with Gasteiger partial charge in [-0.25, -0.2) is 4.68 Å². The molecule has 2 aromatic rings. The van der Waals surface area contributed by atoms with Gasteiger partial charge in [-0.15, -0.1) is 0 Å². The van der Waals surface area contributed by atoms with Crippen molar-refractivity contribution < 1.29 is 9.84 Å². The van der Waals surface area contributed by atoms with Crippen molar-refractivity contribution in [2.45, 2.75) is 13.5 Å². The van der Waals surface area contributed by atoms with Crippen molar-refractivity contribution in [1.82, 2.24) is 9.78 Å². The summed E-state index contributed by atoms with van der Waals surface area (Å²) in [5, 5.41) is 14.1. The number of aliphatic hydroxyl groups is 1. The summed E-state index contributed by atoms with van der Waals surface area (Å²) >= 11 is 5.88. The lowest BCUT2D eigenvalue weighted by molar-refractivity contribution is 0.274. The first-order chi connectivity index (χ1) is 8.11. The summed E-state index contributed by atoms with van der Waals surface area (Å²) in [6.45, 7) is 1.73. The molecule has 0 amide bonds. The number of hydrogen-bond acceptors (Lipinski definition) is 3. The van der Waals surface area contributed by atoms with Crippen LogP contribution in [-0.4, -0.2) is 14.9 Å². The molecule has 1 aromatic carbocycles. The minimum Gasteiger partial charge on any atom is -0.439 e. The van der Waals surface area contributed by atoms with E-state index in [1.54, 1.807) is 36.0 Å². The molecule has 90 valence electrons. The van der Waals surface area contributed by atoms with E-state index in [0.717, 1.165) is 5.69 Å². The highest BCUT2D eigenvalue weighted by molar-refractivity contribution is 6.30. The normalized spacial score (nSPS) is 10.6. The third-order valence-corrected chi connectivity index (χ3v) is 2.69. The Labute approximate surface area is 104 Å². The first kappa shape index (κ1) is 12.0. The Morgan fingerprint density at radius 3 is 2.88 bits per heavy atom. The van der Waals surface area contributed by atoms with Crippen LogP contribution in [0.1, 0.15) is 11.3 Å². The fraction of sp³-hybridized carbons (Fsp3) is 0.250. The van der Waals surface area contributed by atoms with Crippen molar-refractivity contribution >= 4 is 11.6 Å². The van der Waals surface area contributed by atoms with Gasteiger partial charge in [-0.05, 0) is 25.1 Å². The Morgan fingerprint density at radius 2 is 2.24 bits per heavy atom. The van der Waals surface area contributed by atoms with Crippen LogP contribution in [-0.2, 0) is 13.7 Å². The molecule has 0 aliphatic heterocycles. The van der Waals surface area contributed by atoms with E-state index < -0.39 is 0 Å². The number of aryl methyl sites for hydroxylation is 2. The van der Waals surface area contributed by atoms with E-state index in [2.05, 4.69) is 5.10 Å². The zero-order valence-electron chi connectivity index (χ0n) is 9.64. The third-order valence-electron chi connectivity index (χ3n) is 2.46. The highest BCUT2D eigenvalue weighted by Crippen LogP contribution is 2.28. The molecule has 1 aromatic heterocycles. The van der Waals surface area contributed by atoms with Gasteiger partial charge in [0.1, 0.15) is 5.75 Å². The molecule has 0 aliphatic carbocycles. The number of ether oxygens (including phenoxy) is 1. The van der Waals surface area contributed by atoms with Crippen molar-refractivity contribution in [3.63, 3.8) is 0 Å². The van der Waals surface area contributed by atoms with Gasteiger partial charge in [0.05, 0.1) is 17.9 Å². The maximum Gasteiger partial charge on any atom is 0.223 e. The first-order valence-corrected chi connectivity index (χ1v) is 5.56. The van der Waals surface area contributed by atoms with Gasteiger partial charge in [-0.3, -0.25) is 0 Å². The average Bonchev–Trinajstić information content (AvgIpc) is 2.53. The SMILES string of the molecule is Cc1nn(C)c(Oc2cccc(Cl)c2)c1CO. The Kier molecular flexibility index (Phi) is 3.36. The van der Waals surface area contributed by atoms with Crippen LogP contribution in [0.25, 0.3) is 0 Å². The first-order valence-electron chi connectivity index (χ1n) is 5.18. The van der Waals surface area contributed by atoms with E-state index in [-0.39, 0.29) is 6.61 Å². The fourth-order valence-corrected chi connectivity index (χ4v) is 1.81. The number of nitrogens with zero attached hydrogens (tertiary/aromatic N) is 2. The highest BCUT2D eigenvalue weighted by atomic mass is 35.5. The zero-order valence-corrected chi connectivity index (χ0v) is 10.4. The van der Waals surface area contributed by atoms with Crippen LogP contribution in [0.4, 0.5) is 0 Å². The van der Waals surface area contributed by atoms with Gasteiger partial charge in [-0.2, -0.15) is 5.10 Å². The van der Waals surface area contributed by atoms with Gasteiger partial charge in [0, 0.05) is 12.1 Å². The molecule has 0 radical (unpaired) electrons. The van der Waals surface area contributed by atoms with Crippen molar-refractivity contribution in [2.24, 2.45) is 7.05 Å². The molecular formula is C12H13ClN2O2. The monoisotopic (exact) mass is 252 g/mol. The van der Waals surface area contributed by atoms with Gasteiger partial charge in [-0.1, -0.05) is 17.7 Å². The molecule has 17 heavy (non-hydrogen) atoms. The van der Waals surface area contributed by atoms with Crippen molar-refractivity contribution in [1.29, 1.82) is 0 Å². The number of aliphatic hydroxyl groups excluding tert-OH is 1. The van der Waals surface area contributed by atoms with Crippen LogP contribution in [0.3, 0.4) is 0 Å². The fourth-order valence-electron chi connectivity index (χ4n) is 1.63. The van der Waals surface area contributed by atoms with Crippen LogP contribution in [0.5, 0.6) is 11.6 Å². The third kappa shape index (κ3) is 2.43. The number of rotatable bonds is 3. The zero-order chi connectivity index (χ0) is 12.4. The lowest BCUT2D eigenvalue weighted by Crippen LogP contribution is -1.97.